The van der Waals surface area contributed by atoms with Gasteiger partial charge < -0.3 is 9.47 Å². The highest BCUT2D eigenvalue weighted by Crippen LogP contribution is 2.18. The number of aromatic nitrogens is 2. The Morgan fingerprint density at radius 3 is 2.57 bits per heavy atom. The number of aryl methyl sites for hydroxylation is 1. The number of halogens is 1. The molecule has 0 amide bonds. The molecule has 0 radical (unpaired) electrons. The summed E-state index contributed by atoms with van der Waals surface area (Å²) in [6.07, 6.45) is 0. The minimum absolute atomic E-state index is 0.0175. The molecule has 3 rings (SSSR count). The molecule has 0 saturated carbocycles. The number of carbonyl (C=O) groups excluding carboxylic acids is 1. The summed E-state index contributed by atoms with van der Waals surface area (Å²) in [4.78, 5) is 24.9. The predicted molar refractivity (Wildman–Crippen MR) is 101 cm³/mol. The quantitative estimate of drug-likeness (QED) is 0.611. The average Bonchev–Trinajstić information content (AvgIpc) is 2.67. The molecule has 0 N–H and O–H groups in total. The van der Waals surface area contributed by atoms with Crippen molar-refractivity contribution in [2.45, 2.75) is 20.5 Å². The first kappa shape index (κ1) is 19.3. The molecule has 0 spiro atoms. The lowest BCUT2D eigenvalue weighted by molar-refractivity contribution is 0.0511. The van der Waals surface area contributed by atoms with Gasteiger partial charge in [0.25, 0.3) is 5.56 Å². The second-order valence-corrected chi connectivity index (χ2v) is 6.08. The van der Waals surface area contributed by atoms with E-state index >= 15 is 0 Å². The third-order valence-corrected chi connectivity index (χ3v) is 3.93. The van der Waals surface area contributed by atoms with Crippen molar-refractivity contribution in [3.8, 4) is 11.4 Å². The van der Waals surface area contributed by atoms with Gasteiger partial charge in [0.1, 0.15) is 12.4 Å². The maximum Gasteiger partial charge on any atom is 0.362 e. The van der Waals surface area contributed by atoms with Crippen LogP contribution in [0, 0.1) is 12.7 Å². The van der Waals surface area contributed by atoms with E-state index in [4.69, 9.17) is 9.47 Å². The summed E-state index contributed by atoms with van der Waals surface area (Å²) < 4.78 is 25.1. The zero-order chi connectivity index (χ0) is 20.1. The molecule has 144 valence electrons. The van der Waals surface area contributed by atoms with E-state index in [2.05, 4.69) is 5.10 Å². The Bertz CT molecular complexity index is 1050. The summed E-state index contributed by atoms with van der Waals surface area (Å²) in [7, 11) is 0. The van der Waals surface area contributed by atoms with Gasteiger partial charge in [0.2, 0.25) is 5.69 Å². The van der Waals surface area contributed by atoms with Gasteiger partial charge in [-0.25, -0.2) is 9.18 Å². The lowest BCUT2D eigenvalue weighted by Gasteiger charge is -2.13. The van der Waals surface area contributed by atoms with Gasteiger partial charge in [-0.05, 0) is 43.7 Å². The van der Waals surface area contributed by atoms with Gasteiger partial charge in [0, 0.05) is 0 Å². The van der Waals surface area contributed by atoms with Crippen molar-refractivity contribution in [2.24, 2.45) is 0 Å². The molecule has 0 aliphatic rings. The Morgan fingerprint density at radius 1 is 1.14 bits per heavy atom. The predicted octanol–water partition coefficient (Wildman–Crippen LogP) is 3.44. The monoisotopic (exact) mass is 382 g/mol. The van der Waals surface area contributed by atoms with E-state index in [-0.39, 0.29) is 24.7 Å². The molecule has 28 heavy (non-hydrogen) atoms. The van der Waals surface area contributed by atoms with Gasteiger partial charge in [-0.2, -0.15) is 9.78 Å². The molecule has 7 heteroatoms. The number of hydrogen-bond acceptors (Lipinski definition) is 5. The van der Waals surface area contributed by atoms with Crippen LogP contribution in [0.4, 0.5) is 4.39 Å². The van der Waals surface area contributed by atoms with E-state index in [0.717, 1.165) is 10.2 Å². The van der Waals surface area contributed by atoms with Gasteiger partial charge in [-0.3, -0.25) is 4.79 Å². The second-order valence-electron chi connectivity index (χ2n) is 6.08. The molecule has 0 aliphatic heterocycles. The van der Waals surface area contributed by atoms with Crippen LogP contribution in [0.2, 0.25) is 0 Å². The van der Waals surface area contributed by atoms with Crippen molar-refractivity contribution < 1.29 is 18.7 Å². The normalized spacial score (nSPS) is 10.5. The number of rotatable bonds is 6. The van der Waals surface area contributed by atoms with Crippen molar-refractivity contribution in [1.29, 1.82) is 0 Å². The fourth-order valence-electron chi connectivity index (χ4n) is 2.55. The number of hydrogen-bond donors (Lipinski definition) is 0. The van der Waals surface area contributed by atoms with Crippen LogP contribution in [0.15, 0.2) is 59.4 Å². The van der Waals surface area contributed by atoms with Crippen molar-refractivity contribution >= 4 is 5.97 Å². The molecule has 0 atom stereocenters. The Labute approximate surface area is 161 Å². The number of esters is 1. The van der Waals surface area contributed by atoms with Crippen LogP contribution in [0.5, 0.6) is 5.75 Å². The highest BCUT2D eigenvalue weighted by atomic mass is 19.1. The van der Waals surface area contributed by atoms with Gasteiger partial charge in [-0.1, -0.05) is 29.8 Å². The van der Waals surface area contributed by atoms with Crippen molar-refractivity contribution in [1.82, 2.24) is 9.78 Å². The highest BCUT2D eigenvalue weighted by Gasteiger charge is 2.20. The fourth-order valence-corrected chi connectivity index (χ4v) is 2.55. The molecule has 1 heterocycles. The molecule has 0 bridgehead atoms. The zero-order valence-electron chi connectivity index (χ0n) is 15.5. The number of nitrogens with zero attached hydrogens (tertiary/aromatic N) is 2. The van der Waals surface area contributed by atoms with Crippen LogP contribution in [-0.2, 0) is 11.3 Å². The summed E-state index contributed by atoms with van der Waals surface area (Å²) in [6, 6.07) is 14.2. The van der Waals surface area contributed by atoms with Crippen LogP contribution in [0.25, 0.3) is 5.69 Å². The van der Waals surface area contributed by atoms with E-state index < -0.39 is 17.3 Å². The molecular weight excluding hydrogens is 363 g/mol. The molecule has 3 aromatic rings. The first-order valence-electron chi connectivity index (χ1n) is 8.73. The summed E-state index contributed by atoms with van der Waals surface area (Å²) in [6.45, 7) is 3.71. The largest absolute Gasteiger partial charge is 0.486 e. The molecule has 0 aliphatic carbocycles. The number of benzene rings is 2. The smallest absolute Gasteiger partial charge is 0.362 e. The first-order valence-corrected chi connectivity index (χ1v) is 8.73. The number of carbonyl (C=O) groups is 1. The van der Waals surface area contributed by atoms with E-state index in [9.17, 15) is 14.0 Å². The van der Waals surface area contributed by atoms with Gasteiger partial charge in [0.05, 0.1) is 18.4 Å². The minimum atomic E-state index is -0.711. The van der Waals surface area contributed by atoms with E-state index in [0.29, 0.717) is 11.3 Å². The fraction of sp³-hybridized carbons (Fsp3) is 0.190. The molecular formula is C21H19FN2O4. The molecule has 6 nitrogen and oxygen atoms in total. The first-order chi connectivity index (χ1) is 13.5. The molecule has 2 aromatic carbocycles. The molecule has 0 fully saturated rings. The van der Waals surface area contributed by atoms with Gasteiger partial charge >= 0.3 is 5.97 Å². The lowest BCUT2D eigenvalue weighted by Crippen LogP contribution is -2.25. The van der Waals surface area contributed by atoms with Crippen LogP contribution >= 0.6 is 0 Å². The summed E-state index contributed by atoms with van der Waals surface area (Å²) in [5.74, 6) is -1.13. The maximum atomic E-state index is 13.3. The highest BCUT2D eigenvalue weighted by molar-refractivity contribution is 5.90. The van der Waals surface area contributed by atoms with Crippen molar-refractivity contribution in [2.75, 3.05) is 6.61 Å². The third-order valence-electron chi connectivity index (χ3n) is 3.93. The third kappa shape index (κ3) is 4.43. The summed E-state index contributed by atoms with van der Waals surface area (Å²) >= 11 is 0. The molecule has 0 saturated heterocycles. The second kappa shape index (κ2) is 8.47. The summed E-state index contributed by atoms with van der Waals surface area (Å²) in [5.41, 5.74) is 1.50. The Balaban J connectivity index is 1.98. The topological polar surface area (TPSA) is 70.4 Å². The van der Waals surface area contributed by atoms with Crippen molar-refractivity contribution in [3.05, 3.63) is 87.6 Å². The van der Waals surface area contributed by atoms with E-state index in [1.54, 1.807) is 31.2 Å². The number of ether oxygens (including phenoxy) is 2. The van der Waals surface area contributed by atoms with Gasteiger partial charge in [0.15, 0.2) is 5.75 Å². The maximum absolute atomic E-state index is 13.3. The van der Waals surface area contributed by atoms with Gasteiger partial charge in [-0.15, -0.1) is 0 Å². The molecule has 0 unspecified atom stereocenters. The zero-order valence-corrected chi connectivity index (χ0v) is 15.5. The average molecular weight is 382 g/mol. The Kier molecular flexibility index (Phi) is 5.84. The molecule has 1 aromatic heterocycles. The van der Waals surface area contributed by atoms with E-state index in [1.807, 2.05) is 19.1 Å². The standard InChI is InChI=1S/C21H19FN2O4/c1-3-27-21(26)20-18(28-13-15-5-4-6-16(22)11-15)12-19(25)24(23-20)17-9-7-14(2)8-10-17/h4-12H,3,13H2,1-2H3. The Hall–Kier alpha value is -3.48. The van der Waals surface area contributed by atoms with E-state index in [1.165, 1.54) is 18.2 Å². The van der Waals surface area contributed by atoms with Crippen LogP contribution in [-0.4, -0.2) is 22.4 Å². The van der Waals surface area contributed by atoms with Crippen LogP contribution < -0.4 is 10.3 Å². The Morgan fingerprint density at radius 2 is 1.89 bits per heavy atom. The SMILES string of the molecule is CCOC(=O)c1nn(-c2ccc(C)cc2)c(=O)cc1OCc1cccc(F)c1. The minimum Gasteiger partial charge on any atom is -0.486 e. The van der Waals surface area contributed by atoms with Crippen molar-refractivity contribution in [3.63, 3.8) is 0 Å². The van der Waals surface area contributed by atoms with Crippen LogP contribution in [0.3, 0.4) is 0 Å². The lowest BCUT2D eigenvalue weighted by atomic mass is 10.2. The summed E-state index contributed by atoms with van der Waals surface area (Å²) in [5, 5.41) is 4.15. The van der Waals surface area contributed by atoms with Crippen LogP contribution in [0.1, 0.15) is 28.5 Å².